The second-order valence-corrected chi connectivity index (χ2v) is 6.13. The number of ether oxygens (including phenoxy) is 4. The molecule has 0 fully saturated rings. The molecule has 2 aromatic rings. The van der Waals surface area contributed by atoms with Gasteiger partial charge in [-0.05, 0) is 12.5 Å². The Balaban J connectivity index is 2.11. The molecule has 0 saturated heterocycles. The van der Waals surface area contributed by atoms with E-state index in [-0.39, 0.29) is 17.2 Å². The van der Waals surface area contributed by atoms with Gasteiger partial charge in [-0.15, -0.1) is 0 Å². The van der Waals surface area contributed by atoms with Crippen molar-refractivity contribution in [2.75, 3.05) is 28.4 Å². The molecule has 150 valence electrons. The predicted octanol–water partition coefficient (Wildman–Crippen LogP) is 2.92. The zero-order valence-electron chi connectivity index (χ0n) is 16.7. The van der Waals surface area contributed by atoms with Crippen molar-refractivity contribution >= 4 is 11.9 Å². The number of methoxy groups -OCH3 is 3. The number of amides is 1. The fourth-order valence-corrected chi connectivity index (χ4v) is 2.71. The molecule has 0 bridgehead atoms. The van der Waals surface area contributed by atoms with E-state index in [1.54, 1.807) is 7.05 Å². The smallest absolute Gasteiger partial charge is 0.342 e. The van der Waals surface area contributed by atoms with E-state index >= 15 is 0 Å². The second kappa shape index (κ2) is 9.64. The molecule has 0 radical (unpaired) electrons. The standard InChI is InChI=1S/C21H25NO6/c1-14(20(23)22(2)13-15-9-7-6-8-10-15)28-21(24)16-11-18(26-4)19(27-5)12-17(16)25-3/h6-12,14H,13H2,1-5H3/t14-/m1/s1. The van der Waals surface area contributed by atoms with Gasteiger partial charge in [-0.1, -0.05) is 30.3 Å². The van der Waals surface area contributed by atoms with Crippen molar-refractivity contribution in [1.82, 2.24) is 4.90 Å². The molecule has 2 aromatic carbocycles. The molecule has 0 aliphatic carbocycles. The number of hydrogen-bond donors (Lipinski definition) is 0. The minimum Gasteiger partial charge on any atom is -0.496 e. The minimum atomic E-state index is -0.959. The minimum absolute atomic E-state index is 0.144. The molecule has 0 N–H and O–H groups in total. The molecular weight excluding hydrogens is 362 g/mol. The van der Waals surface area contributed by atoms with Gasteiger partial charge >= 0.3 is 5.97 Å². The van der Waals surface area contributed by atoms with Crippen LogP contribution in [0, 0.1) is 0 Å². The van der Waals surface area contributed by atoms with Gasteiger partial charge in [0.05, 0.1) is 21.3 Å². The summed E-state index contributed by atoms with van der Waals surface area (Å²) in [5.74, 6) is 0.0430. The fraction of sp³-hybridized carbons (Fsp3) is 0.333. The number of benzene rings is 2. The van der Waals surface area contributed by atoms with Crippen LogP contribution in [0.15, 0.2) is 42.5 Å². The average Bonchev–Trinajstić information content (AvgIpc) is 2.72. The normalized spacial score (nSPS) is 11.3. The molecule has 7 heteroatoms. The van der Waals surface area contributed by atoms with E-state index in [0.29, 0.717) is 18.0 Å². The first kappa shape index (κ1) is 21.1. The summed E-state index contributed by atoms with van der Waals surface area (Å²) in [6.45, 7) is 1.95. The highest BCUT2D eigenvalue weighted by atomic mass is 16.6. The van der Waals surface area contributed by atoms with Crippen LogP contribution in [0.3, 0.4) is 0 Å². The SMILES string of the molecule is COc1cc(OC)c(C(=O)O[C@H](C)C(=O)N(C)Cc2ccccc2)cc1OC. The predicted molar refractivity (Wildman–Crippen MR) is 104 cm³/mol. The Morgan fingerprint density at radius 1 is 0.929 bits per heavy atom. The summed E-state index contributed by atoms with van der Waals surface area (Å²) in [4.78, 5) is 26.7. The molecule has 28 heavy (non-hydrogen) atoms. The van der Waals surface area contributed by atoms with Crippen LogP contribution in [0.4, 0.5) is 0 Å². The zero-order chi connectivity index (χ0) is 20.7. The number of rotatable bonds is 8. The van der Waals surface area contributed by atoms with Crippen molar-refractivity contribution in [3.05, 3.63) is 53.6 Å². The molecule has 0 heterocycles. The monoisotopic (exact) mass is 387 g/mol. The van der Waals surface area contributed by atoms with E-state index in [4.69, 9.17) is 18.9 Å². The van der Waals surface area contributed by atoms with Crippen LogP contribution in [-0.2, 0) is 16.1 Å². The number of hydrogen-bond acceptors (Lipinski definition) is 6. The molecule has 0 saturated carbocycles. The number of carbonyl (C=O) groups is 2. The molecule has 0 unspecified atom stereocenters. The first-order valence-electron chi connectivity index (χ1n) is 8.71. The summed E-state index contributed by atoms with van der Waals surface area (Å²) >= 11 is 0. The molecule has 0 spiro atoms. The summed E-state index contributed by atoms with van der Waals surface area (Å²) in [5, 5.41) is 0. The highest BCUT2D eigenvalue weighted by Gasteiger charge is 2.25. The lowest BCUT2D eigenvalue weighted by Gasteiger charge is -2.22. The van der Waals surface area contributed by atoms with Crippen LogP contribution < -0.4 is 14.2 Å². The Morgan fingerprint density at radius 3 is 2.07 bits per heavy atom. The Labute approximate surface area is 164 Å². The Bertz CT molecular complexity index is 821. The van der Waals surface area contributed by atoms with E-state index < -0.39 is 12.1 Å². The van der Waals surface area contributed by atoms with Gasteiger partial charge < -0.3 is 23.8 Å². The van der Waals surface area contributed by atoms with Crippen molar-refractivity contribution < 1.29 is 28.5 Å². The highest BCUT2D eigenvalue weighted by Crippen LogP contribution is 2.35. The van der Waals surface area contributed by atoms with Gasteiger partial charge in [-0.25, -0.2) is 4.79 Å². The van der Waals surface area contributed by atoms with Gasteiger partial charge in [-0.3, -0.25) is 4.79 Å². The number of nitrogens with zero attached hydrogens (tertiary/aromatic N) is 1. The van der Waals surface area contributed by atoms with E-state index in [1.165, 1.54) is 45.3 Å². The maximum atomic E-state index is 12.6. The van der Waals surface area contributed by atoms with E-state index in [9.17, 15) is 9.59 Å². The molecule has 1 amide bonds. The Kier molecular flexibility index (Phi) is 7.26. The van der Waals surface area contributed by atoms with Crippen LogP contribution in [0.2, 0.25) is 0 Å². The molecule has 0 aliphatic rings. The molecular formula is C21H25NO6. The summed E-state index contributed by atoms with van der Waals surface area (Å²) in [7, 11) is 6.04. The molecule has 1 atom stereocenters. The maximum Gasteiger partial charge on any atom is 0.342 e. The van der Waals surface area contributed by atoms with Crippen LogP contribution in [0.1, 0.15) is 22.8 Å². The zero-order valence-corrected chi connectivity index (χ0v) is 16.7. The molecule has 7 nitrogen and oxygen atoms in total. The number of esters is 1. The third-order valence-electron chi connectivity index (χ3n) is 4.20. The van der Waals surface area contributed by atoms with Gasteiger partial charge in [0.1, 0.15) is 11.3 Å². The fourth-order valence-electron chi connectivity index (χ4n) is 2.71. The van der Waals surface area contributed by atoms with Crippen molar-refractivity contribution in [2.24, 2.45) is 0 Å². The van der Waals surface area contributed by atoms with E-state index in [1.807, 2.05) is 30.3 Å². The summed E-state index contributed by atoms with van der Waals surface area (Å²) in [6, 6.07) is 12.6. The highest BCUT2D eigenvalue weighted by molar-refractivity contribution is 5.95. The second-order valence-electron chi connectivity index (χ2n) is 6.13. The first-order chi connectivity index (χ1) is 13.4. The van der Waals surface area contributed by atoms with Gasteiger partial charge in [0.2, 0.25) is 0 Å². The van der Waals surface area contributed by atoms with Crippen LogP contribution in [0.5, 0.6) is 17.2 Å². The van der Waals surface area contributed by atoms with E-state index in [2.05, 4.69) is 0 Å². The van der Waals surface area contributed by atoms with Crippen molar-refractivity contribution in [3.63, 3.8) is 0 Å². The Hall–Kier alpha value is -3.22. The van der Waals surface area contributed by atoms with Crippen LogP contribution >= 0.6 is 0 Å². The third-order valence-corrected chi connectivity index (χ3v) is 4.20. The first-order valence-corrected chi connectivity index (χ1v) is 8.71. The molecule has 0 aliphatic heterocycles. The van der Waals surface area contributed by atoms with Gasteiger partial charge in [0.15, 0.2) is 17.6 Å². The quantitative estimate of drug-likeness (QED) is 0.649. The summed E-state index contributed by atoms with van der Waals surface area (Å²) < 4.78 is 21.0. The van der Waals surface area contributed by atoms with Gasteiger partial charge in [0.25, 0.3) is 5.91 Å². The van der Waals surface area contributed by atoms with Gasteiger partial charge in [-0.2, -0.15) is 0 Å². The summed E-state index contributed by atoms with van der Waals surface area (Å²) in [5.41, 5.74) is 1.13. The molecule has 2 rings (SSSR count). The largest absolute Gasteiger partial charge is 0.496 e. The summed E-state index contributed by atoms with van der Waals surface area (Å²) in [6.07, 6.45) is -0.959. The maximum absolute atomic E-state index is 12.6. The van der Waals surface area contributed by atoms with Crippen LogP contribution in [0.25, 0.3) is 0 Å². The van der Waals surface area contributed by atoms with Crippen LogP contribution in [-0.4, -0.2) is 51.3 Å². The van der Waals surface area contributed by atoms with Crippen molar-refractivity contribution in [1.29, 1.82) is 0 Å². The average molecular weight is 387 g/mol. The van der Waals surface area contributed by atoms with Gasteiger partial charge in [0, 0.05) is 25.7 Å². The number of likely N-dealkylation sites (N-methyl/N-ethyl adjacent to an activating group) is 1. The lowest BCUT2D eigenvalue weighted by molar-refractivity contribution is -0.139. The van der Waals surface area contributed by atoms with Crippen molar-refractivity contribution in [3.8, 4) is 17.2 Å². The lowest BCUT2D eigenvalue weighted by atomic mass is 10.1. The van der Waals surface area contributed by atoms with Crippen molar-refractivity contribution in [2.45, 2.75) is 19.6 Å². The third kappa shape index (κ3) is 4.94. The molecule has 0 aromatic heterocycles. The lowest BCUT2D eigenvalue weighted by Crippen LogP contribution is -2.37. The Morgan fingerprint density at radius 2 is 1.50 bits per heavy atom. The topological polar surface area (TPSA) is 74.3 Å². The van der Waals surface area contributed by atoms with E-state index in [0.717, 1.165) is 5.56 Å². The number of carbonyl (C=O) groups excluding carboxylic acids is 2.